The van der Waals surface area contributed by atoms with Crippen molar-refractivity contribution in [3.05, 3.63) is 36.7 Å². The van der Waals surface area contributed by atoms with Crippen molar-refractivity contribution in [2.45, 2.75) is 4.90 Å². The number of rotatable bonds is 2. The minimum Gasteiger partial charge on any atom is -0.396 e. The van der Waals surface area contributed by atoms with Crippen molar-refractivity contribution < 1.29 is 5.21 Å². The molecule has 18 heavy (non-hydrogen) atoms. The fraction of sp³-hybridized carbons (Fsp3) is 0.0909. The first-order valence-corrected chi connectivity index (χ1v) is 6.36. The highest BCUT2D eigenvalue weighted by molar-refractivity contribution is 7.98. The van der Waals surface area contributed by atoms with Gasteiger partial charge in [0.25, 0.3) is 0 Å². The third kappa shape index (κ3) is 2.47. The maximum atomic E-state index is 9.97. The van der Waals surface area contributed by atoms with Crippen LogP contribution in [0.2, 0.25) is 0 Å². The lowest BCUT2D eigenvalue weighted by molar-refractivity contribution is 0.306. The minimum atomic E-state index is -0.190. The number of hydrogen-bond donors (Lipinski definition) is 3. The maximum absolute atomic E-state index is 9.97. The van der Waals surface area contributed by atoms with Crippen LogP contribution in [0.1, 0.15) is 0 Å². The minimum absolute atomic E-state index is 0.190. The molecule has 0 bridgehead atoms. The van der Waals surface area contributed by atoms with E-state index < -0.39 is 0 Å². The van der Waals surface area contributed by atoms with E-state index in [1.54, 1.807) is 23.9 Å². The van der Waals surface area contributed by atoms with Crippen molar-refractivity contribution in [2.24, 2.45) is 0 Å². The zero-order chi connectivity index (χ0) is 13.1. The molecule has 94 valence electrons. The quantitative estimate of drug-likeness (QED) is 0.333. The van der Waals surface area contributed by atoms with Gasteiger partial charge in [-0.25, -0.2) is 4.68 Å². The van der Waals surface area contributed by atoms with Crippen molar-refractivity contribution in [2.75, 3.05) is 17.1 Å². The van der Waals surface area contributed by atoms with Crippen molar-refractivity contribution in [1.29, 1.82) is 5.41 Å². The molecule has 1 aromatic carbocycles. The Morgan fingerprint density at radius 2 is 2.33 bits per heavy atom. The monoisotopic (exact) mass is 263 g/mol. The van der Waals surface area contributed by atoms with Crippen LogP contribution in [0, 0.1) is 5.41 Å². The molecule has 0 aliphatic rings. The van der Waals surface area contributed by atoms with Crippen molar-refractivity contribution >= 4 is 29.1 Å². The molecule has 1 heterocycles. The van der Waals surface area contributed by atoms with Crippen molar-refractivity contribution in [3.8, 4) is 0 Å². The Kier molecular flexibility index (Phi) is 3.54. The molecule has 6 nitrogen and oxygen atoms in total. The van der Waals surface area contributed by atoms with E-state index in [2.05, 4.69) is 5.10 Å². The standard InChI is InChI=1S/C11H13N5OS/c1-18-10-4-2-3-9(5-10)16(17)11(13)15-7-8(12)6-14-15/h2-7,13,17H,12H2,1H3. The van der Waals surface area contributed by atoms with Crippen LogP contribution in [0.3, 0.4) is 0 Å². The van der Waals surface area contributed by atoms with Gasteiger partial charge in [-0.1, -0.05) is 6.07 Å². The second-order valence-electron chi connectivity index (χ2n) is 3.56. The van der Waals surface area contributed by atoms with Gasteiger partial charge in [0, 0.05) is 4.90 Å². The lowest BCUT2D eigenvalue weighted by atomic mass is 10.3. The predicted octanol–water partition coefficient (Wildman–Crippen LogP) is 1.87. The largest absolute Gasteiger partial charge is 0.396 e. The lowest BCUT2D eigenvalue weighted by Gasteiger charge is -2.17. The second-order valence-corrected chi connectivity index (χ2v) is 4.43. The van der Waals surface area contributed by atoms with Gasteiger partial charge in [-0.05, 0) is 24.5 Å². The zero-order valence-electron chi connectivity index (χ0n) is 9.74. The Labute approximate surface area is 108 Å². The van der Waals surface area contributed by atoms with E-state index in [9.17, 15) is 5.21 Å². The average Bonchev–Trinajstić information content (AvgIpc) is 2.83. The van der Waals surface area contributed by atoms with Crippen molar-refractivity contribution in [3.63, 3.8) is 0 Å². The Balaban J connectivity index is 2.25. The fourth-order valence-corrected chi connectivity index (χ4v) is 1.87. The number of benzene rings is 1. The first-order valence-electron chi connectivity index (χ1n) is 5.14. The molecule has 2 rings (SSSR count). The van der Waals surface area contributed by atoms with Crippen LogP contribution in [0.15, 0.2) is 41.6 Å². The molecule has 4 N–H and O–H groups in total. The Morgan fingerprint density at radius 1 is 1.56 bits per heavy atom. The summed E-state index contributed by atoms with van der Waals surface area (Å²) >= 11 is 1.56. The van der Waals surface area contributed by atoms with Crippen LogP contribution >= 0.6 is 11.8 Å². The van der Waals surface area contributed by atoms with Gasteiger partial charge >= 0.3 is 0 Å². The Bertz CT molecular complexity index is 568. The molecule has 0 unspecified atom stereocenters. The van der Waals surface area contributed by atoms with E-state index in [0.717, 1.165) is 9.96 Å². The number of nitrogens with one attached hydrogen (secondary N) is 1. The number of aromatic nitrogens is 2. The highest BCUT2D eigenvalue weighted by Crippen LogP contribution is 2.21. The van der Waals surface area contributed by atoms with Gasteiger partial charge in [0.1, 0.15) is 0 Å². The van der Waals surface area contributed by atoms with Gasteiger partial charge in [-0.15, -0.1) is 11.8 Å². The van der Waals surface area contributed by atoms with E-state index in [-0.39, 0.29) is 5.96 Å². The van der Waals surface area contributed by atoms with Gasteiger partial charge in [-0.3, -0.25) is 10.6 Å². The first-order chi connectivity index (χ1) is 8.61. The predicted molar refractivity (Wildman–Crippen MR) is 72.3 cm³/mol. The maximum Gasteiger partial charge on any atom is 0.248 e. The van der Waals surface area contributed by atoms with Crippen LogP contribution in [-0.4, -0.2) is 27.2 Å². The molecule has 0 aliphatic heterocycles. The zero-order valence-corrected chi connectivity index (χ0v) is 10.6. The van der Waals surface area contributed by atoms with E-state index in [1.165, 1.54) is 17.1 Å². The summed E-state index contributed by atoms with van der Waals surface area (Å²) in [6.45, 7) is 0. The number of hydrogen-bond acceptors (Lipinski definition) is 5. The third-order valence-corrected chi connectivity index (χ3v) is 3.04. The van der Waals surface area contributed by atoms with E-state index in [4.69, 9.17) is 11.1 Å². The van der Waals surface area contributed by atoms with Crippen LogP contribution in [0.4, 0.5) is 11.4 Å². The molecule has 0 atom stereocenters. The van der Waals surface area contributed by atoms with Gasteiger partial charge in [0.05, 0.1) is 23.8 Å². The SMILES string of the molecule is CSc1cccc(N(O)C(=N)n2cc(N)cn2)c1. The Morgan fingerprint density at radius 3 is 2.94 bits per heavy atom. The van der Waals surface area contributed by atoms with Crippen LogP contribution in [-0.2, 0) is 0 Å². The van der Waals surface area contributed by atoms with E-state index >= 15 is 0 Å². The van der Waals surface area contributed by atoms with Crippen LogP contribution in [0.25, 0.3) is 0 Å². The topological polar surface area (TPSA) is 91.2 Å². The highest BCUT2D eigenvalue weighted by atomic mass is 32.2. The first kappa shape index (κ1) is 12.5. The van der Waals surface area contributed by atoms with Gasteiger partial charge in [0.15, 0.2) is 0 Å². The highest BCUT2D eigenvalue weighted by Gasteiger charge is 2.12. The average molecular weight is 263 g/mol. The number of nitrogens with two attached hydrogens (primary N) is 1. The summed E-state index contributed by atoms with van der Waals surface area (Å²) in [5.41, 5.74) is 6.45. The molecule has 7 heteroatoms. The van der Waals surface area contributed by atoms with Gasteiger partial charge in [-0.2, -0.15) is 10.2 Å². The molecule has 0 saturated carbocycles. The summed E-state index contributed by atoms with van der Waals surface area (Å²) in [5.74, 6) is -0.190. The molecule has 0 spiro atoms. The number of hydroxylamine groups is 1. The molecule has 0 fully saturated rings. The lowest BCUT2D eigenvalue weighted by Crippen LogP contribution is -2.32. The number of anilines is 2. The number of thioether (sulfide) groups is 1. The summed E-state index contributed by atoms with van der Waals surface area (Å²) in [5, 5.41) is 22.4. The third-order valence-electron chi connectivity index (χ3n) is 2.32. The number of nitrogens with zero attached hydrogens (tertiary/aromatic N) is 3. The van der Waals surface area contributed by atoms with E-state index in [1.807, 2.05) is 18.4 Å². The summed E-state index contributed by atoms with van der Waals surface area (Å²) in [7, 11) is 0. The number of nitrogen functional groups attached to an aromatic ring is 1. The summed E-state index contributed by atoms with van der Waals surface area (Å²) in [4.78, 5) is 0.999. The van der Waals surface area contributed by atoms with Crippen LogP contribution in [0.5, 0.6) is 0 Å². The molecule has 2 aromatic rings. The van der Waals surface area contributed by atoms with E-state index in [0.29, 0.717) is 11.4 Å². The Hall–Kier alpha value is -1.99. The fourth-order valence-electron chi connectivity index (χ4n) is 1.41. The van der Waals surface area contributed by atoms with Crippen molar-refractivity contribution in [1.82, 2.24) is 9.78 Å². The smallest absolute Gasteiger partial charge is 0.248 e. The molecular weight excluding hydrogens is 250 g/mol. The molecule has 1 aromatic heterocycles. The molecule has 0 aliphatic carbocycles. The molecule has 0 saturated heterocycles. The summed E-state index contributed by atoms with van der Waals surface area (Å²) in [6, 6.07) is 7.24. The molecule has 0 amide bonds. The summed E-state index contributed by atoms with van der Waals surface area (Å²) in [6.07, 6.45) is 4.82. The van der Waals surface area contributed by atoms with Gasteiger partial charge in [0.2, 0.25) is 5.96 Å². The second kappa shape index (κ2) is 5.11. The van der Waals surface area contributed by atoms with Gasteiger partial charge < -0.3 is 5.73 Å². The molecular formula is C11H13N5OS. The van der Waals surface area contributed by atoms with Crippen LogP contribution < -0.4 is 10.8 Å². The normalized spacial score (nSPS) is 10.3. The summed E-state index contributed by atoms with van der Waals surface area (Å²) < 4.78 is 1.20. The molecule has 0 radical (unpaired) electrons.